The van der Waals surface area contributed by atoms with Crippen molar-refractivity contribution in [1.82, 2.24) is 0 Å². The summed E-state index contributed by atoms with van der Waals surface area (Å²) in [5, 5.41) is 11.8. The summed E-state index contributed by atoms with van der Waals surface area (Å²) in [4.78, 5) is 0. The first kappa shape index (κ1) is 13.5. The first-order chi connectivity index (χ1) is 9.54. The number of rotatable bonds is 2. The van der Waals surface area contributed by atoms with Gasteiger partial charge in [0.1, 0.15) is 11.4 Å². The van der Waals surface area contributed by atoms with E-state index in [2.05, 4.69) is 18.2 Å². The highest BCUT2D eigenvalue weighted by molar-refractivity contribution is 6.30. The lowest BCUT2D eigenvalue weighted by molar-refractivity contribution is 0.0799. The number of hydrogen-bond acceptors (Lipinski definition) is 2. The smallest absolute Gasteiger partial charge is 0.125 e. The van der Waals surface area contributed by atoms with Gasteiger partial charge in [-0.05, 0) is 49.1 Å². The molecule has 0 radical (unpaired) electrons. The van der Waals surface area contributed by atoms with Gasteiger partial charge in [-0.2, -0.15) is 0 Å². The number of halogens is 1. The number of aliphatic hydroxyl groups is 1. The molecule has 0 aromatic heterocycles. The highest BCUT2D eigenvalue weighted by atomic mass is 35.5. The first-order valence-corrected chi connectivity index (χ1v) is 7.09. The van der Waals surface area contributed by atoms with Gasteiger partial charge in [0.05, 0.1) is 7.11 Å². The molecule has 1 aliphatic rings. The Kier molecular flexibility index (Phi) is 3.23. The summed E-state index contributed by atoms with van der Waals surface area (Å²) in [7, 11) is 1.61. The number of aryl methyl sites for hydroxylation is 2. The van der Waals surface area contributed by atoms with Crippen LogP contribution in [0.1, 0.15) is 28.7 Å². The fraction of sp³-hybridized carbons (Fsp3) is 0.294. The van der Waals surface area contributed by atoms with Crippen LogP contribution in [-0.4, -0.2) is 12.2 Å². The van der Waals surface area contributed by atoms with Crippen molar-refractivity contribution >= 4 is 11.6 Å². The third-order valence-electron chi connectivity index (χ3n) is 4.07. The molecule has 3 rings (SSSR count). The van der Waals surface area contributed by atoms with Crippen molar-refractivity contribution in [1.29, 1.82) is 0 Å². The quantitative estimate of drug-likeness (QED) is 0.910. The van der Waals surface area contributed by atoms with Gasteiger partial charge >= 0.3 is 0 Å². The van der Waals surface area contributed by atoms with Crippen molar-refractivity contribution in [3.05, 3.63) is 63.7 Å². The zero-order chi connectivity index (χ0) is 14.3. The van der Waals surface area contributed by atoms with E-state index in [1.54, 1.807) is 19.2 Å². The molecule has 0 saturated carbocycles. The van der Waals surface area contributed by atoms with Gasteiger partial charge in [0.15, 0.2) is 0 Å². The van der Waals surface area contributed by atoms with Gasteiger partial charge in [0, 0.05) is 10.6 Å². The van der Waals surface area contributed by atoms with Crippen LogP contribution in [0.15, 0.2) is 36.4 Å². The molecule has 2 aromatic rings. The van der Waals surface area contributed by atoms with E-state index >= 15 is 0 Å². The fourth-order valence-corrected chi connectivity index (χ4v) is 3.20. The molecule has 2 aromatic carbocycles. The van der Waals surface area contributed by atoms with Crippen LogP contribution in [0.4, 0.5) is 0 Å². The maximum Gasteiger partial charge on any atom is 0.125 e. The van der Waals surface area contributed by atoms with Gasteiger partial charge in [-0.15, -0.1) is 0 Å². The average molecular weight is 289 g/mol. The molecule has 3 heteroatoms. The predicted octanol–water partition coefficient (Wildman–Crippen LogP) is 3.84. The largest absolute Gasteiger partial charge is 0.496 e. The Bertz CT molecular complexity index is 666. The van der Waals surface area contributed by atoms with E-state index in [0.717, 1.165) is 23.1 Å². The molecule has 1 aliphatic carbocycles. The number of hydrogen-bond donors (Lipinski definition) is 1. The van der Waals surface area contributed by atoms with E-state index in [1.807, 2.05) is 13.0 Å². The Morgan fingerprint density at radius 3 is 2.70 bits per heavy atom. The minimum absolute atomic E-state index is 0.607. The molecule has 20 heavy (non-hydrogen) atoms. The standard InChI is InChI=1S/C17H17ClO2/c1-11-3-4-12-7-8-17(19,14(12)9-11)15-10-13(18)5-6-16(15)20-2/h3-6,9-10,19H,7-8H2,1-2H3. The maximum absolute atomic E-state index is 11.2. The summed E-state index contributed by atoms with van der Waals surface area (Å²) in [5.74, 6) is 0.672. The lowest BCUT2D eigenvalue weighted by Crippen LogP contribution is -2.24. The fourth-order valence-electron chi connectivity index (χ4n) is 3.03. The normalized spacial score (nSPS) is 20.8. The second-order valence-corrected chi connectivity index (χ2v) is 5.80. The zero-order valence-electron chi connectivity index (χ0n) is 11.6. The van der Waals surface area contributed by atoms with Crippen LogP contribution >= 0.6 is 11.6 Å². The minimum atomic E-state index is -1.02. The van der Waals surface area contributed by atoms with Gasteiger partial charge in [-0.1, -0.05) is 35.4 Å². The lowest BCUT2D eigenvalue weighted by Gasteiger charge is -2.27. The monoisotopic (exact) mass is 288 g/mol. The molecule has 0 spiro atoms. The summed E-state index contributed by atoms with van der Waals surface area (Å²) in [6.45, 7) is 2.04. The van der Waals surface area contributed by atoms with Crippen molar-refractivity contribution in [2.75, 3.05) is 7.11 Å². The molecular weight excluding hydrogens is 272 g/mol. The highest BCUT2D eigenvalue weighted by Crippen LogP contribution is 2.46. The van der Waals surface area contributed by atoms with E-state index in [-0.39, 0.29) is 0 Å². The summed E-state index contributed by atoms with van der Waals surface area (Å²) < 4.78 is 5.40. The summed E-state index contributed by atoms with van der Waals surface area (Å²) in [6, 6.07) is 11.6. The highest BCUT2D eigenvalue weighted by Gasteiger charge is 2.40. The number of ether oxygens (including phenoxy) is 1. The van der Waals surface area contributed by atoms with E-state index in [9.17, 15) is 5.11 Å². The molecule has 104 valence electrons. The minimum Gasteiger partial charge on any atom is -0.496 e. The van der Waals surface area contributed by atoms with E-state index < -0.39 is 5.60 Å². The molecule has 2 nitrogen and oxygen atoms in total. The predicted molar refractivity (Wildman–Crippen MR) is 80.5 cm³/mol. The molecule has 0 fully saturated rings. The van der Waals surface area contributed by atoms with Gasteiger partial charge in [0.25, 0.3) is 0 Å². The van der Waals surface area contributed by atoms with Crippen molar-refractivity contribution in [2.45, 2.75) is 25.4 Å². The summed E-state index contributed by atoms with van der Waals surface area (Å²) in [5.41, 5.74) is 3.04. The van der Waals surface area contributed by atoms with Crippen LogP contribution < -0.4 is 4.74 Å². The zero-order valence-corrected chi connectivity index (χ0v) is 12.4. The molecule has 1 atom stereocenters. The van der Waals surface area contributed by atoms with E-state index in [1.165, 1.54) is 5.56 Å². The van der Waals surface area contributed by atoms with Crippen LogP contribution in [0.5, 0.6) is 5.75 Å². The van der Waals surface area contributed by atoms with Gasteiger partial charge < -0.3 is 9.84 Å². The third-order valence-corrected chi connectivity index (χ3v) is 4.31. The Morgan fingerprint density at radius 1 is 1.15 bits per heavy atom. The molecule has 1 N–H and O–H groups in total. The third kappa shape index (κ3) is 2.00. The van der Waals surface area contributed by atoms with Gasteiger partial charge in [-0.3, -0.25) is 0 Å². The van der Waals surface area contributed by atoms with Crippen LogP contribution in [0, 0.1) is 6.92 Å². The average Bonchev–Trinajstić information content (AvgIpc) is 2.77. The molecule has 0 saturated heterocycles. The van der Waals surface area contributed by atoms with E-state index in [0.29, 0.717) is 17.2 Å². The van der Waals surface area contributed by atoms with E-state index in [4.69, 9.17) is 16.3 Å². The molecule has 0 aliphatic heterocycles. The Labute approximate surface area is 124 Å². The second kappa shape index (κ2) is 4.80. The molecule has 0 heterocycles. The van der Waals surface area contributed by atoms with Gasteiger partial charge in [0.2, 0.25) is 0 Å². The first-order valence-electron chi connectivity index (χ1n) is 6.71. The Morgan fingerprint density at radius 2 is 1.95 bits per heavy atom. The van der Waals surface area contributed by atoms with Crippen molar-refractivity contribution in [2.24, 2.45) is 0 Å². The summed E-state index contributed by atoms with van der Waals surface area (Å²) >= 11 is 6.11. The van der Waals surface area contributed by atoms with Crippen molar-refractivity contribution in [3.8, 4) is 5.75 Å². The molecule has 1 unspecified atom stereocenters. The summed E-state index contributed by atoms with van der Waals surface area (Å²) in [6.07, 6.45) is 1.52. The van der Waals surface area contributed by atoms with Crippen LogP contribution in [-0.2, 0) is 12.0 Å². The van der Waals surface area contributed by atoms with Crippen LogP contribution in [0.2, 0.25) is 5.02 Å². The van der Waals surface area contributed by atoms with Crippen LogP contribution in [0.3, 0.4) is 0 Å². The van der Waals surface area contributed by atoms with Gasteiger partial charge in [-0.25, -0.2) is 0 Å². The Hall–Kier alpha value is -1.51. The van der Waals surface area contributed by atoms with Crippen LogP contribution in [0.25, 0.3) is 0 Å². The topological polar surface area (TPSA) is 29.5 Å². The second-order valence-electron chi connectivity index (χ2n) is 5.37. The van der Waals surface area contributed by atoms with Crippen molar-refractivity contribution < 1.29 is 9.84 Å². The maximum atomic E-state index is 11.2. The SMILES string of the molecule is COc1ccc(Cl)cc1C1(O)CCc2ccc(C)cc21. The molecular formula is C17H17ClO2. The number of benzene rings is 2. The molecule has 0 amide bonds. The number of methoxy groups -OCH3 is 1. The Balaban J connectivity index is 2.21. The number of fused-ring (bicyclic) bond motifs is 1. The van der Waals surface area contributed by atoms with Crippen molar-refractivity contribution in [3.63, 3.8) is 0 Å². The lowest BCUT2D eigenvalue weighted by atomic mass is 9.86. The molecule has 0 bridgehead atoms.